The average molecular weight is 936 g/mol. The van der Waals surface area contributed by atoms with Crippen LogP contribution in [0.25, 0.3) is 110 Å². The second kappa shape index (κ2) is 14.9. The minimum atomic E-state index is -0.817. The van der Waals surface area contributed by atoms with Gasteiger partial charge in [-0.15, -0.1) is 0 Å². The Balaban J connectivity index is 0.917. The highest BCUT2D eigenvalue weighted by Crippen LogP contribution is 2.57. The molecule has 0 N–H and O–H groups in total. The van der Waals surface area contributed by atoms with Crippen LogP contribution in [-0.2, 0) is 0 Å². The van der Waals surface area contributed by atoms with E-state index in [4.69, 9.17) is 4.74 Å². The molecule has 0 unspecified atom stereocenters. The van der Waals surface area contributed by atoms with E-state index in [2.05, 4.69) is 225 Å². The largest absolute Gasteiger partial charge is 0.616 e. The van der Waals surface area contributed by atoms with Crippen LogP contribution in [0.5, 0.6) is 11.5 Å². The van der Waals surface area contributed by atoms with E-state index in [-0.39, 0.29) is 0 Å². The van der Waals surface area contributed by atoms with E-state index in [1.807, 2.05) is 42.5 Å². The van der Waals surface area contributed by atoms with Gasteiger partial charge in [-0.1, -0.05) is 127 Å². The number of aromatic nitrogens is 4. The Morgan fingerprint density at radius 1 is 0.260 bits per heavy atom. The molecule has 1 aliphatic rings. The van der Waals surface area contributed by atoms with E-state index >= 15 is 5.21 Å². The molecule has 0 fully saturated rings. The van der Waals surface area contributed by atoms with Crippen LogP contribution in [0, 0.1) is 5.21 Å². The number of hydrogen-bond donors (Lipinski definition) is 0. The molecule has 4 aromatic heterocycles. The first kappa shape index (κ1) is 40.1. The summed E-state index contributed by atoms with van der Waals surface area (Å²) < 4.78 is 15.7. The predicted molar refractivity (Wildman–Crippen MR) is 301 cm³/mol. The Bertz CT molecular complexity index is 4490. The standard InChI is InChI=1S/C66H41N5O2/c72-71(46-22-8-3-9-23-46)63-34-32-44(69-57-30-16-12-26-49(57)53-38-51-47-24-10-14-28-55(47)67(59(51)40-61(53)69)42-18-4-1-5-19-42)36-65(63)73-66-37-45(33-35-64(66)71)70-58-31-17-13-27-50(58)54-39-52-48-25-11-15-29-56(48)68(60(52)41-62(54)70)43-20-6-2-7-21-43/h1-41H. The van der Waals surface area contributed by atoms with Crippen LogP contribution in [0.4, 0.5) is 17.1 Å². The van der Waals surface area contributed by atoms with Crippen molar-refractivity contribution in [2.75, 3.05) is 0 Å². The average Bonchev–Trinajstić information content (AvgIpc) is 4.16. The van der Waals surface area contributed by atoms with E-state index in [1.165, 1.54) is 21.5 Å². The third kappa shape index (κ3) is 5.54. The Hall–Kier alpha value is -9.66. The summed E-state index contributed by atoms with van der Waals surface area (Å²) >= 11 is 0. The van der Waals surface area contributed by atoms with Crippen LogP contribution in [0.1, 0.15) is 0 Å². The number of hydrogen-bond acceptors (Lipinski definition) is 2. The Labute approximate surface area is 418 Å². The minimum absolute atomic E-state index is 0.503. The van der Waals surface area contributed by atoms with Crippen LogP contribution in [0.15, 0.2) is 249 Å². The molecule has 0 saturated heterocycles. The first-order valence-electron chi connectivity index (χ1n) is 24.8. The lowest BCUT2D eigenvalue weighted by atomic mass is 10.1. The Morgan fingerprint density at radius 3 is 0.945 bits per heavy atom. The van der Waals surface area contributed by atoms with Crippen molar-refractivity contribution in [3.05, 3.63) is 254 Å². The van der Waals surface area contributed by atoms with Crippen molar-refractivity contribution >= 4 is 104 Å². The number of fused-ring (bicyclic) bond motifs is 14. The Morgan fingerprint density at radius 2 is 0.575 bits per heavy atom. The SMILES string of the molecule is [O-][N+]1(c2ccccc2)c2ccc(-n3c4ccccc4c4cc5c6ccccc6n(-c6ccccc6)c5cc43)cc2Oc2cc(-n3c4ccccc4c4cc5c6ccccc6n(-c6ccccc6)c5cc43)ccc21. The smallest absolute Gasteiger partial charge is 0.191 e. The zero-order valence-corrected chi connectivity index (χ0v) is 39.2. The first-order valence-corrected chi connectivity index (χ1v) is 24.8. The molecule has 0 radical (unpaired) electrons. The van der Waals surface area contributed by atoms with Crippen LogP contribution in [-0.4, -0.2) is 18.3 Å². The monoisotopic (exact) mass is 935 g/mol. The number of rotatable bonds is 5. The van der Waals surface area contributed by atoms with Gasteiger partial charge in [0.05, 0.1) is 55.5 Å². The molecule has 1 aliphatic heterocycles. The summed E-state index contributed by atoms with van der Waals surface area (Å²) in [6.07, 6.45) is 0. The van der Waals surface area contributed by atoms with Gasteiger partial charge in [0.1, 0.15) is 5.69 Å². The minimum Gasteiger partial charge on any atom is -0.616 e. The molecule has 7 nitrogen and oxygen atoms in total. The van der Waals surface area contributed by atoms with Crippen LogP contribution >= 0.6 is 0 Å². The van der Waals surface area contributed by atoms with Gasteiger partial charge in [0.25, 0.3) is 0 Å². The molecule has 11 aromatic carbocycles. The van der Waals surface area contributed by atoms with Crippen LogP contribution in [0.2, 0.25) is 0 Å². The van der Waals surface area contributed by atoms with Gasteiger partial charge in [0.15, 0.2) is 22.9 Å². The van der Waals surface area contributed by atoms with Gasteiger partial charge in [-0.25, -0.2) is 0 Å². The maximum absolute atomic E-state index is 16.3. The molecule has 0 saturated carbocycles. The highest BCUT2D eigenvalue weighted by Gasteiger charge is 2.39. The molecule has 0 bridgehead atoms. The fourth-order valence-electron chi connectivity index (χ4n) is 12.3. The summed E-state index contributed by atoms with van der Waals surface area (Å²) in [6, 6.07) is 86.9. The maximum Gasteiger partial charge on any atom is 0.191 e. The first-order chi connectivity index (χ1) is 36.1. The zero-order valence-electron chi connectivity index (χ0n) is 39.2. The highest BCUT2D eigenvalue weighted by molar-refractivity contribution is 6.21. The number of para-hydroxylation sites is 7. The van der Waals surface area contributed by atoms with Gasteiger partial charge in [0, 0.05) is 90.9 Å². The van der Waals surface area contributed by atoms with Gasteiger partial charge < -0.3 is 28.2 Å². The maximum atomic E-state index is 16.3. The topological polar surface area (TPSA) is 52.0 Å². The predicted octanol–water partition coefficient (Wildman–Crippen LogP) is 17.6. The third-order valence-corrected chi connectivity index (χ3v) is 15.4. The zero-order chi connectivity index (χ0) is 47.9. The number of quaternary nitrogens is 1. The van der Waals surface area contributed by atoms with E-state index in [0.29, 0.717) is 28.6 Å². The van der Waals surface area contributed by atoms with Gasteiger partial charge in [-0.2, -0.15) is 0 Å². The molecule has 16 rings (SSSR count). The molecule has 0 atom stereocenters. The molecular weight excluding hydrogens is 895 g/mol. The van der Waals surface area contributed by atoms with Crippen molar-refractivity contribution in [1.29, 1.82) is 0 Å². The van der Waals surface area contributed by atoms with Crippen molar-refractivity contribution in [1.82, 2.24) is 22.9 Å². The van der Waals surface area contributed by atoms with E-state index in [0.717, 1.165) is 88.4 Å². The van der Waals surface area contributed by atoms with Crippen molar-refractivity contribution in [3.8, 4) is 34.2 Å². The van der Waals surface area contributed by atoms with E-state index < -0.39 is 4.65 Å². The third-order valence-electron chi connectivity index (χ3n) is 15.4. The molecule has 0 aliphatic carbocycles. The van der Waals surface area contributed by atoms with Gasteiger partial charge in [-0.3, -0.25) is 4.65 Å². The summed E-state index contributed by atoms with van der Waals surface area (Å²) in [4.78, 5) is 0. The van der Waals surface area contributed by atoms with Crippen molar-refractivity contribution < 1.29 is 4.74 Å². The summed E-state index contributed by atoms with van der Waals surface area (Å²) in [5.41, 5.74) is 14.4. The van der Waals surface area contributed by atoms with Crippen molar-refractivity contribution in [2.45, 2.75) is 0 Å². The van der Waals surface area contributed by atoms with Gasteiger partial charge in [0.2, 0.25) is 0 Å². The summed E-state index contributed by atoms with van der Waals surface area (Å²) in [7, 11) is 0. The highest BCUT2D eigenvalue weighted by atomic mass is 16.6. The van der Waals surface area contributed by atoms with Gasteiger partial charge >= 0.3 is 0 Å². The molecule has 0 amide bonds. The lowest BCUT2D eigenvalue weighted by molar-refractivity contribution is 0.440. The van der Waals surface area contributed by atoms with Crippen molar-refractivity contribution in [2.24, 2.45) is 0 Å². The van der Waals surface area contributed by atoms with Gasteiger partial charge in [-0.05, 0) is 84.9 Å². The molecule has 0 spiro atoms. The number of benzene rings is 11. The molecule has 73 heavy (non-hydrogen) atoms. The quantitative estimate of drug-likeness (QED) is 0.128. The molecule has 15 aromatic rings. The van der Waals surface area contributed by atoms with Crippen LogP contribution < -0.4 is 9.38 Å². The van der Waals surface area contributed by atoms with E-state index in [9.17, 15) is 0 Å². The molecule has 342 valence electrons. The fraction of sp³-hybridized carbons (Fsp3) is 0. The Kier molecular flexibility index (Phi) is 8.20. The van der Waals surface area contributed by atoms with Crippen molar-refractivity contribution in [3.63, 3.8) is 0 Å². The second-order valence-corrected chi connectivity index (χ2v) is 19.2. The molecular formula is C66H41N5O2. The second-order valence-electron chi connectivity index (χ2n) is 19.2. The number of ether oxygens (including phenoxy) is 1. The fourth-order valence-corrected chi connectivity index (χ4v) is 12.3. The number of nitrogens with zero attached hydrogens (tertiary/aromatic N) is 5. The normalized spacial score (nSPS) is 13.2. The van der Waals surface area contributed by atoms with E-state index in [1.54, 1.807) is 0 Å². The lowest BCUT2D eigenvalue weighted by Crippen LogP contribution is -2.34. The van der Waals surface area contributed by atoms with Crippen LogP contribution in [0.3, 0.4) is 0 Å². The summed E-state index contributed by atoms with van der Waals surface area (Å²) in [5, 5.41) is 25.7. The summed E-state index contributed by atoms with van der Waals surface area (Å²) in [5.74, 6) is 1.01. The summed E-state index contributed by atoms with van der Waals surface area (Å²) in [6.45, 7) is 0. The molecule has 7 heteroatoms. The lowest BCUT2D eigenvalue weighted by Gasteiger charge is -2.44. The molecule has 5 heterocycles.